The highest BCUT2D eigenvalue weighted by atomic mass is 16.4. The van der Waals surface area contributed by atoms with Crippen LogP contribution >= 0.6 is 0 Å². The van der Waals surface area contributed by atoms with Crippen molar-refractivity contribution in [2.45, 2.75) is 12.5 Å². The van der Waals surface area contributed by atoms with Crippen LogP contribution < -0.4 is 5.73 Å². The Morgan fingerprint density at radius 2 is 2.12 bits per heavy atom. The highest BCUT2D eigenvalue weighted by Crippen LogP contribution is 2.09. The van der Waals surface area contributed by atoms with Gasteiger partial charge in [0.2, 0.25) is 0 Å². The highest BCUT2D eigenvalue weighted by Gasteiger charge is 2.11. The molecule has 1 aromatic heterocycles. The van der Waals surface area contributed by atoms with Crippen molar-refractivity contribution in [3.63, 3.8) is 0 Å². The van der Waals surface area contributed by atoms with E-state index in [1.807, 2.05) is 36.5 Å². The molecule has 5 heteroatoms. The van der Waals surface area contributed by atoms with Gasteiger partial charge in [0.1, 0.15) is 6.04 Å². The van der Waals surface area contributed by atoms with Crippen LogP contribution in [0, 0.1) is 0 Å². The van der Waals surface area contributed by atoms with Crippen LogP contribution in [-0.4, -0.2) is 26.9 Å². The number of carboxylic acids is 1. The van der Waals surface area contributed by atoms with Crippen LogP contribution in [0.15, 0.2) is 42.7 Å². The van der Waals surface area contributed by atoms with Crippen molar-refractivity contribution in [2.75, 3.05) is 0 Å². The number of aromatic nitrogens is 2. The largest absolute Gasteiger partial charge is 0.480 e. The predicted octanol–water partition coefficient (Wildman–Crippen LogP) is 0.827. The van der Waals surface area contributed by atoms with Gasteiger partial charge in [0.25, 0.3) is 0 Å². The maximum Gasteiger partial charge on any atom is 0.320 e. The van der Waals surface area contributed by atoms with Gasteiger partial charge in [0, 0.05) is 12.4 Å². The summed E-state index contributed by atoms with van der Waals surface area (Å²) in [5.41, 5.74) is 7.30. The molecule has 3 N–H and O–H groups in total. The number of nitrogens with zero attached hydrogens (tertiary/aromatic N) is 2. The van der Waals surface area contributed by atoms with Gasteiger partial charge in [-0.3, -0.25) is 4.79 Å². The van der Waals surface area contributed by atoms with E-state index >= 15 is 0 Å². The van der Waals surface area contributed by atoms with Gasteiger partial charge in [0.15, 0.2) is 0 Å². The van der Waals surface area contributed by atoms with Gasteiger partial charge < -0.3 is 10.8 Å². The SMILES string of the molecule is N[C@@H](Cc1ccc(-n2cccn2)cc1)C(=O)O. The number of carboxylic acid groups (broad SMARTS) is 1. The molecule has 0 radical (unpaired) electrons. The topological polar surface area (TPSA) is 81.1 Å². The van der Waals surface area contributed by atoms with Crippen molar-refractivity contribution in [3.8, 4) is 5.69 Å². The molecule has 0 bridgehead atoms. The van der Waals surface area contributed by atoms with Gasteiger partial charge in [-0.05, 0) is 30.2 Å². The molecule has 2 aromatic rings. The molecule has 0 unspecified atom stereocenters. The Bertz CT molecular complexity index is 491. The fourth-order valence-corrected chi connectivity index (χ4v) is 1.55. The summed E-state index contributed by atoms with van der Waals surface area (Å²) >= 11 is 0. The zero-order valence-corrected chi connectivity index (χ0v) is 9.15. The number of nitrogens with two attached hydrogens (primary N) is 1. The molecule has 2 rings (SSSR count). The molecule has 0 saturated heterocycles. The lowest BCUT2D eigenvalue weighted by Gasteiger charge is -2.07. The molecule has 5 nitrogen and oxygen atoms in total. The first-order valence-electron chi connectivity index (χ1n) is 5.24. The maximum absolute atomic E-state index is 10.6. The minimum absolute atomic E-state index is 0.328. The van der Waals surface area contributed by atoms with Crippen molar-refractivity contribution in [1.82, 2.24) is 9.78 Å². The summed E-state index contributed by atoms with van der Waals surface area (Å²) in [5, 5.41) is 12.8. The standard InChI is InChI=1S/C12H13N3O2/c13-11(12(16)17)8-9-2-4-10(5-3-9)15-7-1-6-14-15/h1-7,11H,8,13H2,(H,16,17)/t11-/m0/s1. The molecular formula is C12H13N3O2. The smallest absolute Gasteiger partial charge is 0.320 e. The third-order valence-corrected chi connectivity index (χ3v) is 2.48. The van der Waals surface area contributed by atoms with Gasteiger partial charge in [-0.25, -0.2) is 4.68 Å². The predicted molar refractivity (Wildman–Crippen MR) is 62.9 cm³/mol. The van der Waals surface area contributed by atoms with Gasteiger partial charge in [-0.2, -0.15) is 5.10 Å². The molecule has 1 aromatic carbocycles. The monoisotopic (exact) mass is 231 g/mol. The summed E-state index contributed by atoms with van der Waals surface area (Å²) in [5.74, 6) is -0.985. The Kier molecular flexibility index (Phi) is 3.20. The summed E-state index contributed by atoms with van der Waals surface area (Å²) < 4.78 is 1.74. The van der Waals surface area contributed by atoms with E-state index in [4.69, 9.17) is 10.8 Å². The molecule has 1 heterocycles. The summed E-state index contributed by atoms with van der Waals surface area (Å²) in [7, 11) is 0. The molecule has 0 aliphatic carbocycles. The van der Waals surface area contributed by atoms with Crippen molar-refractivity contribution >= 4 is 5.97 Å². The fraction of sp³-hybridized carbons (Fsp3) is 0.167. The third-order valence-electron chi connectivity index (χ3n) is 2.48. The minimum atomic E-state index is -0.985. The number of hydrogen-bond acceptors (Lipinski definition) is 3. The average molecular weight is 231 g/mol. The van der Waals surface area contributed by atoms with E-state index in [9.17, 15) is 4.79 Å². The average Bonchev–Trinajstić information content (AvgIpc) is 2.83. The van der Waals surface area contributed by atoms with Gasteiger partial charge in [0.05, 0.1) is 5.69 Å². The molecule has 0 amide bonds. The van der Waals surface area contributed by atoms with Crippen molar-refractivity contribution in [1.29, 1.82) is 0 Å². The summed E-state index contributed by atoms with van der Waals surface area (Å²) in [6.07, 6.45) is 3.88. The van der Waals surface area contributed by atoms with Crippen LogP contribution in [0.1, 0.15) is 5.56 Å². The fourth-order valence-electron chi connectivity index (χ4n) is 1.55. The lowest BCUT2D eigenvalue weighted by atomic mass is 10.1. The van der Waals surface area contributed by atoms with E-state index in [2.05, 4.69) is 5.10 Å². The van der Waals surface area contributed by atoms with Crippen LogP contribution in [0.4, 0.5) is 0 Å². The second kappa shape index (κ2) is 4.80. The molecule has 17 heavy (non-hydrogen) atoms. The van der Waals surface area contributed by atoms with Crippen molar-refractivity contribution in [2.24, 2.45) is 5.73 Å². The van der Waals surface area contributed by atoms with Crippen molar-refractivity contribution in [3.05, 3.63) is 48.3 Å². The molecule has 0 spiro atoms. The molecule has 0 aliphatic heterocycles. The Morgan fingerprint density at radius 3 is 2.65 bits per heavy atom. The van der Waals surface area contributed by atoms with Crippen LogP contribution in [0.2, 0.25) is 0 Å². The molecule has 88 valence electrons. The normalized spacial score (nSPS) is 12.3. The van der Waals surface area contributed by atoms with Crippen LogP contribution in [0.25, 0.3) is 5.69 Å². The minimum Gasteiger partial charge on any atom is -0.480 e. The van der Waals surface area contributed by atoms with E-state index in [0.29, 0.717) is 6.42 Å². The Hall–Kier alpha value is -2.14. The second-order valence-corrected chi connectivity index (χ2v) is 3.77. The highest BCUT2D eigenvalue weighted by molar-refractivity contribution is 5.73. The van der Waals surface area contributed by atoms with Crippen LogP contribution in [0.5, 0.6) is 0 Å². The number of aliphatic carboxylic acids is 1. The molecule has 0 saturated carbocycles. The summed E-state index contributed by atoms with van der Waals surface area (Å²) in [6, 6.07) is 8.48. The summed E-state index contributed by atoms with van der Waals surface area (Å²) in [6.45, 7) is 0. The van der Waals surface area contributed by atoms with Crippen molar-refractivity contribution < 1.29 is 9.90 Å². The first kappa shape index (κ1) is 11.3. The molecule has 0 aliphatic rings. The number of benzene rings is 1. The Balaban J connectivity index is 2.11. The maximum atomic E-state index is 10.6. The van der Waals surface area contributed by atoms with Gasteiger partial charge in [-0.15, -0.1) is 0 Å². The summed E-state index contributed by atoms with van der Waals surface area (Å²) in [4.78, 5) is 10.6. The zero-order chi connectivity index (χ0) is 12.3. The van der Waals surface area contributed by atoms with E-state index < -0.39 is 12.0 Å². The third kappa shape index (κ3) is 2.70. The van der Waals surface area contributed by atoms with Gasteiger partial charge in [-0.1, -0.05) is 12.1 Å². The zero-order valence-electron chi connectivity index (χ0n) is 9.15. The Morgan fingerprint density at radius 1 is 1.41 bits per heavy atom. The van der Waals surface area contributed by atoms with E-state index in [0.717, 1.165) is 11.3 Å². The van der Waals surface area contributed by atoms with Crippen LogP contribution in [-0.2, 0) is 11.2 Å². The van der Waals surface area contributed by atoms with Crippen LogP contribution in [0.3, 0.4) is 0 Å². The van der Waals surface area contributed by atoms with E-state index in [-0.39, 0.29) is 0 Å². The Labute approximate surface area is 98.5 Å². The number of hydrogen-bond donors (Lipinski definition) is 2. The lowest BCUT2D eigenvalue weighted by molar-refractivity contribution is -0.138. The van der Waals surface area contributed by atoms with E-state index in [1.165, 1.54) is 0 Å². The van der Waals surface area contributed by atoms with Gasteiger partial charge >= 0.3 is 5.97 Å². The number of rotatable bonds is 4. The molecule has 0 fully saturated rings. The molecular weight excluding hydrogens is 218 g/mol. The second-order valence-electron chi connectivity index (χ2n) is 3.77. The first-order valence-corrected chi connectivity index (χ1v) is 5.24. The quantitative estimate of drug-likeness (QED) is 0.816. The van der Waals surface area contributed by atoms with E-state index in [1.54, 1.807) is 10.9 Å². The lowest BCUT2D eigenvalue weighted by Crippen LogP contribution is -2.32. The first-order chi connectivity index (χ1) is 8.16. The molecule has 1 atom stereocenters. The number of carbonyl (C=O) groups is 1.